The molecule has 0 saturated carbocycles. The van der Waals surface area contributed by atoms with Crippen LogP contribution in [0.4, 0.5) is 13.2 Å². The van der Waals surface area contributed by atoms with E-state index in [0.717, 1.165) is 6.07 Å². The summed E-state index contributed by atoms with van der Waals surface area (Å²) in [6.07, 6.45) is 3.22. The van der Waals surface area contributed by atoms with Gasteiger partial charge in [0.1, 0.15) is 5.82 Å². The molecule has 1 N–H and O–H groups in total. The first-order chi connectivity index (χ1) is 9.00. The van der Waals surface area contributed by atoms with Crippen LogP contribution in [-0.2, 0) is 13.6 Å². The molecule has 0 aliphatic heterocycles. The number of imidazole rings is 1. The van der Waals surface area contributed by atoms with E-state index < -0.39 is 28.9 Å². The summed E-state index contributed by atoms with van der Waals surface area (Å²) < 4.78 is 40.7. The Kier molecular flexibility index (Phi) is 3.55. The highest BCUT2D eigenvalue weighted by molar-refractivity contribution is 5.94. The molecule has 0 bridgehead atoms. The van der Waals surface area contributed by atoms with Crippen molar-refractivity contribution in [3.8, 4) is 0 Å². The molecule has 0 aliphatic rings. The number of hydrogen-bond donors (Lipinski definition) is 1. The normalized spacial score (nSPS) is 10.5. The zero-order valence-electron chi connectivity index (χ0n) is 9.95. The predicted octanol–water partition coefficient (Wildman–Crippen LogP) is 1.77. The molecule has 0 atom stereocenters. The van der Waals surface area contributed by atoms with E-state index in [-0.39, 0.29) is 6.54 Å². The zero-order valence-corrected chi connectivity index (χ0v) is 9.95. The van der Waals surface area contributed by atoms with Crippen molar-refractivity contribution >= 4 is 5.91 Å². The number of nitrogens with one attached hydrogen (secondary N) is 1. The minimum absolute atomic E-state index is 0.0563. The number of halogens is 3. The summed E-state index contributed by atoms with van der Waals surface area (Å²) in [7, 11) is 1.73. The van der Waals surface area contributed by atoms with Crippen molar-refractivity contribution in [2.75, 3.05) is 0 Å². The van der Waals surface area contributed by atoms with E-state index in [2.05, 4.69) is 10.3 Å². The molecule has 1 aromatic heterocycles. The predicted molar refractivity (Wildman–Crippen MR) is 60.7 cm³/mol. The highest BCUT2D eigenvalue weighted by atomic mass is 19.2. The fourth-order valence-corrected chi connectivity index (χ4v) is 1.52. The van der Waals surface area contributed by atoms with Gasteiger partial charge in [-0.3, -0.25) is 4.79 Å². The number of hydrogen-bond acceptors (Lipinski definition) is 2. The van der Waals surface area contributed by atoms with Crippen LogP contribution in [0.2, 0.25) is 0 Å². The lowest BCUT2D eigenvalue weighted by molar-refractivity contribution is 0.0944. The largest absolute Gasteiger partial charge is 0.345 e. The third kappa shape index (κ3) is 2.59. The van der Waals surface area contributed by atoms with Crippen molar-refractivity contribution in [1.82, 2.24) is 14.9 Å². The quantitative estimate of drug-likeness (QED) is 0.863. The standard InChI is InChI=1S/C12H10F3N3O/c1-18-5-4-16-9(18)6-17-12(19)7-2-3-8(13)11(15)10(7)14/h2-5H,6H2,1H3,(H,17,19). The van der Waals surface area contributed by atoms with E-state index in [4.69, 9.17) is 0 Å². The highest BCUT2D eigenvalue weighted by Crippen LogP contribution is 2.15. The minimum Gasteiger partial charge on any atom is -0.345 e. The first-order valence-corrected chi connectivity index (χ1v) is 5.38. The van der Waals surface area contributed by atoms with Crippen molar-refractivity contribution < 1.29 is 18.0 Å². The van der Waals surface area contributed by atoms with Gasteiger partial charge >= 0.3 is 0 Å². The second kappa shape index (κ2) is 5.13. The van der Waals surface area contributed by atoms with Gasteiger partial charge in [0, 0.05) is 19.4 Å². The van der Waals surface area contributed by atoms with E-state index in [1.807, 2.05) is 0 Å². The average molecular weight is 269 g/mol. The highest BCUT2D eigenvalue weighted by Gasteiger charge is 2.18. The number of carbonyl (C=O) groups is 1. The summed E-state index contributed by atoms with van der Waals surface area (Å²) in [5, 5.41) is 2.38. The summed E-state index contributed by atoms with van der Waals surface area (Å²) in [4.78, 5) is 15.6. The second-order valence-corrected chi connectivity index (χ2v) is 3.86. The molecule has 100 valence electrons. The fraction of sp³-hybridized carbons (Fsp3) is 0.167. The lowest BCUT2D eigenvalue weighted by Gasteiger charge is -2.07. The van der Waals surface area contributed by atoms with Crippen LogP contribution in [0.3, 0.4) is 0 Å². The maximum Gasteiger partial charge on any atom is 0.254 e. The molecule has 1 aromatic carbocycles. The Morgan fingerprint density at radius 2 is 2.05 bits per heavy atom. The summed E-state index contributed by atoms with van der Waals surface area (Å²) in [6, 6.07) is 1.59. The molecule has 1 heterocycles. The van der Waals surface area contributed by atoms with Gasteiger partial charge in [0.15, 0.2) is 17.5 Å². The van der Waals surface area contributed by atoms with Crippen LogP contribution in [-0.4, -0.2) is 15.5 Å². The van der Waals surface area contributed by atoms with E-state index in [0.29, 0.717) is 11.9 Å². The molecule has 0 saturated heterocycles. The summed E-state index contributed by atoms with van der Waals surface area (Å²) >= 11 is 0. The topological polar surface area (TPSA) is 46.9 Å². The molecule has 0 fully saturated rings. The smallest absolute Gasteiger partial charge is 0.254 e. The van der Waals surface area contributed by atoms with E-state index in [9.17, 15) is 18.0 Å². The molecule has 1 amide bonds. The van der Waals surface area contributed by atoms with Crippen molar-refractivity contribution in [2.24, 2.45) is 7.05 Å². The van der Waals surface area contributed by atoms with Gasteiger partial charge in [0.2, 0.25) is 0 Å². The summed E-state index contributed by atoms with van der Waals surface area (Å²) in [5.41, 5.74) is -0.548. The number of rotatable bonds is 3. The van der Waals surface area contributed by atoms with Crippen LogP contribution in [0, 0.1) is 17.5 Å². The monoisotopic (exact) mass is 269 g/mol. The van der Waals surface area contributed by atoms with E-state index in [1.165, 1.54) is 0 Å². The Bertz CT molecular complexity index is 625. The van der Waals surface area contributed by atoms with E-state index in [1.54, 1.807) is 24.0 Å². The molecule has 2 aromatic rings. The maximum absolute atomic E-state index is 13.4. The molecule has 0 aliphatic carbocycles. The van der Waals surface area contributed by atoms with Crippen LogP contribution in [0.15, 0.2) is 24.5 Å². The van der Waals surface area contributed by atoms with Crippen LogP contribution in [0.1, 0.15) is 16.2 Å². The van der Waals surface area contributed by atoms with Gasteiger partial charge in [0.25, 0.3) is 5.91 Å². The molecule has 0 unspecified atom stereocenters. The second-order valence-electron chi connectivity index (χ2n) is 3.86. The summed E-state index contributed by atoms with van der Waals surface area (Å²) in [5.74, 6) is -4.78. The Balaban J connectivity index is 2.13. The third-order valence-corrected chi connectivity index (χ3v) is 2.61. The van der Waals surface area contributed by atoms with Crippen molar-refractivity contribution in [1.29, 1.82) is 0 Å². The SMILES string of the molecule is Cn1ccnc1CNC(=O)c1ccc(F)c(F)c1F. The van der Waals surface area contributed by atoms with Crippen molar-refractivity contribution in [3.05, 3.63) is 53.4 Å². The lowest BCUT2D eigenvalue weighted by Crippen LogP contribution is -2.25. The molecule has 2 rings (SSSR count). The van der Waals surface area contributed by atoms with Crippen LogP contribution in [0.25, 0.3) is 0 Å². The molecule has 0 radical (unpaired) electrons. The zero-order chi connectivity index (χ0) is 14.0. The first-order valence-electron chi connectivity index (χ1n) is 5.38. The van der Waals surface area contributed by atoms with Gasteiger partial charge in [-0.1, -0.05) is 0 Å². The minimum atomic E-state index is -1.66. The van der Waals surface area contributed by atoms with Crippen LogP contribution in [0.5, 0.6) is 0 Å². The van der Waals surface area contributed by atoms with Crippen LogP contribution < -0.4 is 5.32 Å². The first kappa shape index (κ1) is 13.1. The molecule has 0 spiro atoms. The summed E-state index contributed by atoms with van der Waals surface area (Å²) in [6.45, 7) is 0.0563. The Morgan fingerprint density at radius 3 is 2.68 bits per heavy atom. The fourth-order valence-electron chi connectivity index (χ4n) is 1.52. The number of nitrogens with zero attached hydrogens (tertiary/aromatic N) is 2. The number of aromatic nitrogens is 2. The number of benzene rings is 1. The van der Waals surface area contributed by atoms with Gasteiger partial charge in [-0.15, -0.1) is 0 Å². The molecule has 19 heavy (non-hydrogen) atoms. The van der Waals surface area contributed by atoms with Crippen LogP contribution >= 0.6 is 0 Å². The molecule has 7 heteroatoms. The third-order valence-electron chi connectivity index (χ3n) is 2.61. The van der Waals surface area contributed by atoms with Gasteiger partial charge in [-0.05, 0) is 12.1 Å². The molecule has 4 nitrogen and oxygen atoms in total. The van der Waals surface area contributed by atoms with Gasteiger partial charge in [-0.2, -0.15) is 0 Å². The molecular weight excluding hydrogens is 259 g/mol. The number of amides is 1. The van der Waals surface area contributed by atoms with Gasteiger partial charge in [-0.25, -0.2) is 18.2 Å². The van der Waals surface area contributed by atoms with Gasteiger partial charge in [0.05, 0.1) is 12.1 Å². The van der Waals surface area contributed by atoms with Crippen molar-refractivity contribution in [3.63, 3.8) is 0 Å². The number of carbonyl (C=O) groups excluding carboxylic acids is 1. The van der Waals surface area contributed by atoms with Gasteiger partial charge < -0.3 is 9.88 Å². The average Bonchev–Trinajstić information content (AvgIpc) is 2.79. The lowest BCUT2D eigenvalue weighted by atomic mass is 10.2. The maximum atomic E-state index is 13.4. The Morgan fingerprint density at radius 1 is 1.32 bits per heavy atom. The number of aryl methyl sites for hydroxylation is 1. The van der Waals surface area contributed by atoms with E-state index >= 15 is 0 Å². The Hall–Kier alpha value is -2.31. The Labute approximate surface area is 106 Å². The van der Waals surface area contributed by atoms with Crippen molar-refractivity contribution in [2.45, 2.75) is 6.54 Å². The molecular formula is C12H10F3N3O.